The summed E-state index contributed by atoms with van der Waals surface area (Å²) in [6.45, 7) is 0.737. The molecule has 1 heterocycles. The fraction of sp³-hybridized carbons (Fsp3) is 0.500. The number of hydrogen-bond donors (Lipinski definition) is 0. The first kappa shape index (κ1) is 18.2. The molecular formula is C16H19FN2O4S. The molecule has 0 saturated carbocycles. The Morgan fingerprint density at radius 1 is 1.29 bits per heavy atom. The van der Waals surface area contributed by atoms with Gasteiger partial charge in [0, 0.05) is 13.1 Å². The standard InChI is InChI=1S/C16H19FN2O4S/c17-24(21,22)11-8-16(13-18)6-9-19(10-7-16)15(20)23-12-14-4-2-1-3-5-14/h1-5H,6-12H2. The van der Waals surface area contributed by atoms with Crippen LogP contribution in [0.4, 0.5) is 8.68 Å². The Labute approximate surface area is 141 Å². The summed E-state index contributed by atoms with van der Waals surface area (Å²) in [4.78, 5) is 13.5. The maximum absolute atomic E-state index is 12.7. The second-order valence-corrected chi connectivity index (χ2v) is 7.40. The van der Waals surface area contributed by atoms with Crippen LogP contribution >= 0.6 is 0 Å². The van der Waals surface area contributed by atoms with Gasteiger partial charge in [-0.1, -0.05) is 30.3 Å². The van der Waals surface area contributed by atoms with Crippen molar-refractivity contribution in [2.24, 2.45) is 5.41 Å². The highest BCUT2D eigenvalue weighted by molar-refractivity contribution is 7.86. The molecule has 0 N–H and O–H groups in total. The van der Waals surface area contributed by atoms with E-state index in [0.717, 1.165) is 5.56 Å². The number of carbonyl (C=O) groups is 1. The van der Waals surface area contributed by atoms with Crippen molar-refractivity contribution in [1.82, 2.24) is 4.90 Å². The number of amides is 1. The van der Waals surface area contributed by atoms with Gasteiger partial charge in [-0.25, -0.2) is 4.79 Å². The van der Waals surface area contributed by atoms with Crippen LogP contribution in [0.3, 0.4) is 0 Å². The molecule has 0 bridgehead atoms. The summed E-state index contributed by atoms with van der Waals surface area (Å²) in [6, 6.07) is 11.4. The van der Waals surface area contributed by atoms with Gasteiger partial charge in [-0.15, -0.1) is 3.89 Å². The van der Waals surface area contributed by atoms with Gasteiger partial charge in [-0.05, 0) is 24.8 Å². The number of nitriles is 1. The number of benzene rings is 1. The summed E-state index contributed by atoms with van der Waals surface area (Å²) in [5.41, 5.74) is -0.0302. The average Bonchev–Trinajstić information content (AvgIpc) is 2.58. The van der Waals surface area contributed by atoms with E-state index < -0.39 is 27.5 Å². The number of piperidine rings is 1. The van der Waals surface area contributed by atoms with Crippen LogP contribution in [0.15, 0.2) is 30.3 Å². The fourth-order valence-electron chi connectivity index (χ4n) is 2.66. The normalized spacial score (nSPS) is 17.1. The number of ether oxygens (including phenoxy) is 1. The number of halogens is 1. The molecule has 1 aliphatic rings. The molecule has 130 valence electrons. The van der Waals surface area contributed by atoms with Gasteiger partial charge in [0.15, 0.2) is 0 Å². The Morgan fingerprint density at radius 2 is 1.92 bits per heavy atom. The number of nitrogens with zero attached hydrogens (tertiary/aromatic N) is 2. The van der Waals surface area contributed by atoms with Gasteiger partial charge in [-0.2, -0.15) is 13.7 Å². The number of carbonyl (C=O) groups excluding carboxylic acids is 1. The van der Waals surface area contributed by atoms with Crippen molar-refractivity contribution in [2.75, 3.05) is 18.8 Å². The molecule has 0 atom stereocenters. The first-order valence-corrected chi connectivity index (χ1v) is 9.18. The van der Waals surface area contributed by atoms with Gasteiger partial charge in [0.25, 0.3) is 0 Å². The zero-order valence-electron chi connectivity index (χ0n) is 13.2. The van der Waals surface area contributed by atoms with Crippen molar-refractivity contribution in [3.8, 4) is 6.07 Å². The molecule has 1 aromatic carbocycles. The van der Waals surface area contributed by atoms with Crippen molar-refractivity contribution in [3.63, 3.8) is 0 Å². The first-order chi connectivity index (χ1) is 11.3. The van der Waals surface area contributed by atoms with Crippen LogP contribution in [0.1, 0.15) is 24.8 Å². The lowest BCUT2D eigenvalue weighted by Crippen LogP contribution is -2.43. The molecule has 1 fully saturated rings. The van der Waals surface area contributed by atoms with E-state index in [0.29, 0.717) is 12.8 Å². The van der Waals surface area contributed by atoms with Gasteiger partial charge in [0.05, 0.1) is 17.2 Å². The monoisotopic (exact) mass is 354 g/mol. The predicted molar refractivity (Wildman–Crippen MR) is 85.0 cm³/mol. The van der Waals surface area contributed by atoms with Crippen molar-refractivity contribution in [2.45, 2.75) is 25.9 Å². The molecular weight excluding hydrogens is 335 g/mol. The van der Waals surface area contributed by atoms with E-state index in [-0.39, 0.29) is 26.1 Å². The molecule has 0 unspecified atom stereocenters. The average molecular weight is 354 g/mol. The molecule has 0 radical (unpaired) electrons. The topological polar surface area (TPSA) is 87.5 Å². The van der Waals surface area contributed by atoms with E-state index in [4.69, 9.17) is 4.74 Å². The third-order valence-corrected chi connectivity index (χ3v) is 4.94. The Hall–Kier alpha value is -2.14. The maximum Gasteiger partial charge on any atom is 0.410 e. The van der Waals surface area contributed by atoms with Gasteiger partial charge in [-0.3, -0.25) is 0 Å². The zero-order valence-corrected chi connectivity index (χ0v) is 14.0. The minimum absolute atomic E-state index is 0.0603. The molecule has 1 saturated heterocycles. The lowest BCUT2D eigenvalue weighted by molar-refractivity contribution is 0.0730. The van der Waals surface area contributed by atoms with Gasteiger partial charge in [0.2, 0.25) is 0 Å². The van der Waals surface area contributed by atoms with Crippen molar-refractivity contribution in [1.29, 1.82) is 5.26 Å². The largest absolute Gasteiger partial charge is 0.445 e. The van der Waals surface area contributed by atoms with Gasteiger partial charge < -0.3 is 9.64 Å². The number of hydrogen-bond acceptors (Lipinski definition) is 5. The van der Waals surface area contributed by atoms with E-state index in [1.165, 1.54) is 4.90 Å². The summed E-state index contributed by atoms with van der Waals surface area (Å²) in [5, 5.41) is 9.31. The summed E-state index contributed by atoms with van der Waals surface area (Å²) in [5.74, 6) is -0.668. The third-order valence-electron chi connectivity index (χ3n) is 4.25. The minimum Gasteiger partial charge on any atom is -0.445 e. The molecule has 1 aliphatic heterocycles. The maximum atomic E-state index is 12.7. The van der Waals surface area contributed by atoms with E-state index in [1.807, 2.05) is 30.3 Å². The third kappa shape index (κ3) is 5.20. The van der Waals surface area contributed by atoms with Crippen LogP contribution in [-0.4, -0.2) is 38.3 Å². The fourth-order valence-corrected chi connectivity index (χ4v) is 3.30. The highest BCUT2D eigenvalue weighted by atomic mass is 32.3. The second kappa shape index (κ2) is 7.62. The van der Waals surface area contributed by atoms with Crippen molar-refractivity contribution < 1.29 is 21.8 Å². The van der Waals surface area contributed by atoms with Gasteiger partial charge >= 0.3 is 16.3 Å². The lowest BCUT2D eigenvalue weighted by Gasteiger charge is -2.36. The lowest BCUT2D eigenvalue weighted by atomic mass is 9.78. The van der Waals surface area contributed by atoms with Crippen LogP contribution in [0, 0.1) is 16.7 Å². The van der Waals surface area contributed by atoms with Gasteiger partial charge in [0.1, 0.15) is 6.61 Å². The molecule has 1 amide bonds. The smallest absolute Gasteiger partial charge is 0.410 e. The van der Waals surface area contributed by atoms with Crippen LogP contribution in [0.2, 0.25) is 0 Å². The zero-order chi connectivity index (χ0) is 17.6. The molecule has 0 aliphatic carbocycles. The SMILES string of the molecule is N#CC1(CCS(=O)(=O)F)CCN(C(=O)OCc2ccccc2)CC1. The van der Waals surface area contributed by atoms with Crippen LogP contribution < -0.4 is 0 Å². The summed E-state index contributed by atoms with van der Waals surface area (Å²) >= 11 is 0. The molecule has 8 heteroatoms. The first-order valence-electron chi connectivity index (χ1n) is 7.63. The Balaban J connectivity index is 1.84. The van der Waals surface area contributed by atoms with Crippen LogP contribution in [0.25, 0.3) is 0 Å². The molecule has 24 heavy (non-hydrogen) atoms. The minimum atomic E-state index is -4.60. The summed E-state index contributed by atoms with van der Waals surface area (Å²) in [7, 11) is -4.60. The Kier molecular flexibility index (Phi) is 5.78. The Morgan fingerprint density at radius 3 is 2.46 bits per heavy atom. The van der Waals surface area contributed by atoms with E-state index >= 15 is 0 Å². The highest BCUT2D eigenvalue weighted by Crippen LogP contribution is 2.35. The van der Waals surface area contributed by atoms with Crippen molar-refractivity contribution >= 4 is 16.3 Å². The van der Waals surface area contributed by atoms with Crippen LogP contribution in [-0.2, 0) is 21.6 Å². The predicted octanol–water partition coefficient (Wildman–Crippen LogP) is 2.62. The van der Waals surface area contributed by atoms with E-state index in [1.54, 1.807) is 0 Å². The molecule has 6 nitrogen and oxygen atoms in total. The number of likely N-dealkylation sites (tertiary alicyclic amines) is 1. The molecule has 2 rings (SSSR count). The Bertz CT molecular complexity index is 707. The highest BCUT2D eigenvalue weighted by Gasteiger charge is 2.37. The molecule has 1 aromatic rings. The number of rotatable bonds is 5. The van der Waals surface area contributed by atoms with E-state index in [9.17, 15) is 22.4 Å². The summed E-state index contributed by atoms with van der Waals surface area (Å²) in [6.07, 6.45) is 0.0808. The second-order valence-electron chi connectivity index (χ2n) is 5.91. The van der Waals surface area contributed by atoms with E-state index in [2.05, 4.69) is 6.07 Å². The van der Waals surface area contributed by atoms with Crippen LogP contribution in [0.5, 0.6) is 0 Å². The quantitative estimate of drug-likeness (QED) is 0.759. The molecule has 0 spiro atoms. The van der Waals surface area contributed by atoms with Crippen molar-refractivity contribution in [3.05, 3.63) is 35.9 Å². The molecule has 0 aromatic heterocycles. The summed E-state index contributed by atoms with van der Waals surface area (Å²) < 4.78 is 39.3.